The summed E-state index contributed by atoms with van der Waals surface area (Å²) in [5.41, 5.74) is 4.36. The van der Waals surface area contributed by atoms with Crippen LogP contribution in [0.4, 0.5) is 18.9 Å². The Hall–Kier alpha value is -5.09. The second kappa shape index (κ2) is 14.8. The van der Waals surface area contributed by atoms with E-state index in [1.165, 1.54) is 10.7 Å². The van der Waals surface area contributed by atoms with Gasteiger partial charge >= 0.3 is 12.1 Å². The van der Waals surface area contributed by atoms with E-state index in [-0.39, 0.29) is 28.5 Å². The molecule has 1 aliphatic heterocycles. The summed E-state index contributed by atoms with van der Waals surface area (Å²) < 4.78 is 36.6. The van der Waals surface area contributed by atoms with E-state index in [4.69, 9.17) is 33.1 Å². The third-order valence-corrected chi connectivity index (χ3v) is 8.50. The lowest BCUT2D eigenvalue weighted by atomic mass is 9.88. The summed E-state index contributed by atoms with van der Waals surface area (Å²) in [5, 5.41) is 23.3. The molecule has 5 heterocycles. The van der Waals surface area contributed by atoms with Crippen molar-refractivity contribution in [1.82, 2.24) is 39.3 Å². The molecule has 262 valence electrons. The molecule has 1 aromatic carbocycles. The highest BCUT2D eigenvalue weighted by atomic mass is 35.5. The van der Waals surface area contributed by atoms with Crippen molar-refractivity contribution < 1.29 is 27.9 Å². The Balaban J connectivity index is 0.000000630. The third-order valence-electron chi connectivity index (χ3n) is 8.09. The Labute approximate surface area is 292 Å². The predicted octanol–water partition coefficient (Wildman–Crippen LogP) is 6.21. The van der Waals surface area contributed by atoms with E-state index in [1.54, 1.807) is 52.4 Å². The van der Waals surface area contributed by atoms with Gasteiger partial charge in [-0.25, -0.2) is 14.5 Å². The topological polar surface area (TPSA) is 163 Å². The zero-order valence-corrected chi connectivity index (χ0v) is 28.3. The maximum Gasteiger partial charge on any atom is 0.490 e. The molecule has 50 heavy (non-hydrogen) atoms. The molecule has 18 heteroatoms. The van der Waals surface area contributed by atoms with Crippen LogP contribution in [0.1, 0.15) is 44.8 Å². The molecule has 0 saturated carbocycles. The number of carbonyl (C=O) groups is 2. The average Bonchev–Trinajstić information content (AvgIpc) is 3.65. The fourth-order valence-corrected chi connectivity index (χ4v) is 5.97. The van der Waals surface area contributed by atoms with Gasteiger partial charge in [-0.3, -0.25) is 23.8 Å². The van der Waals surface area contributed by atoms with Crippen molar-refractivity contribution in [3.05, 3.63) is 87.5 Å². The lowest BCUT2D eigenvalue weighted by molar-refractivity contribution is -0.192. The number of hydrogen-bond acceptors (Lipinski definition) is 8. The van der Waals surface area contributed by atoms with E-state index in [0.29, 0.717) is 46.9 Å². The minimum Gasteiger partial charge on any atom is -0.475 e. The monoisotopic (exact) mass is 731 g/mol. The molecule has 4 aromatic heterocycles. The maximum atomic E-state index is 13.8. The number of aromatic nitrogens is 8. The number of hydrogen-bond donors (Lipinski definition) is 2. The molecule has 0 saturated heterocycles. The lowest BCUT2D eigenvalue weighted by Gasteiger charge is -2.24. The van der Waals surface area contributed by atoms with Crippen LogP contribution in [-0.2, 0) is 16.6 Å². The molecule has 1 amide bonds. The van der Waals surface area contributed by atoms with Crippen LogP contribution in [0, 0.1) is 11.8 Å². The zero-order chi connectivity index (χ0) is 36.3. The van der Waals surface area contributed by atoms with Crippen molar-refractivity contribution in [2.45, 2.75) is 45.3 Å². The number of carboxylic acids is 1. The van der Waals surface area contributed by atoms with Crippen LogP contribution in [0.15, 0.2) is 66.1 Å². The molecule has 6 rings (SSSR count). The molecule has 2 atom stereocenters. The molecule has 0 aliphatic carbocycles. The standard InChI is InChI=1S/C30H29Cl2N9O2.C2HF3O2/c1-17(2)20-5-4-6-26(23-11-18(9-10-33-23)29-24(36-30(20)43)14-35-39(29)3)40-16-34-22(13-28(40)42)21-12-19(31)7-8-25(21)41-15-27(32)37-38-41;3-2(4,5)1(6)7/h7-17,20,26H,4-6H2,1-3H3,(H,36,43);(H,6,7)/t20-,26+;/m1./s1. The van der Waals surface area contributed by atoms with Gasteiger partial charge in [0, 0.05) is 41.4 Å². The summed E-state index contributed by atoms with van der Waals surface area (Å²) in [4.78, 5) is 45.4. The van der Waals surface area contributed by atoms with Gasteiger partial charge in [0.1, 0.15) is 0 Å². The number of nitrogens with one attached hydrogen (secondary N) is 1. The number of aryl methyl sites for hydroxylation is 1. The highest BCUT2D eigenvalue weighted by Gasteiger charge is 2.38. The first-order chi connectivity index (χ1) is 23.6. The van der Waals surface area contributed by atoms with Crippen molar-refractivity contribution in [2.24, 2.45) is 18.9 Å². The van der Waals surface area contributed by atoms with Gasteiger partial charge in [-0.2, -0.15) is 18.3 Å². The third kappa shape index (κ3) is 8.03. The van der Waals surface area contributed by atoms with E-state index < -0.39 is 18.2 Å². The number of rotatable bonds is 4. The maximum absolute atomic E-state index is 13.8. The van der Waals surface area contributed by atoms with Gasteiger partial charge in [-0.05, 0) is 49.1 Å². The van der Waals surface area contributed by atoms with E-state index in [0.717, 1.165) is 17.0 Å². The lowest BCUT2D eigenvalue weighted by Crippen LogP contribution is -2.29. The van der Waals surface area contributed by atoms with Crippen molar-refractivity contribution >= 4 is 40.8 Å². The molecule has 5 aromatic rings. The van der Waals surface area contributed by atoms with Gasteiger partial charge in [0.2, 0.25) is 5.91 Å². The van der Waals surface area contributed by atoms with E-state index >= 15 is 0 Å². The molecule has 1 aliphatic rings. The Kier molecular flexibility index (Phi) is 10.7. The molecule has 0 spiro atoms. The zero-order valence-electron chi connectivity index (χ0n) is 26.8. The molecule has 2 bridgehead atoms. The van der Waals surface area contributed by atoms with Gasteiger partial charge in [0.25, 0.3) is 5.56 Å². The Morgan fingerprint density at radius 1 is 1.08 bits per heavy atom. The normalized spacial score (nSPS) is 16.4. The number of pyridine rings is 1. The van der Waals surface area contributed by atoms with Crippen LogP contribution >= 0.6 is 23.2 Å². The molecule has 13 nitrogen and oxygen atoms in total. The fourth-order valence-electron chi connectivity index (χ4n) is 5.67. The second-order valence-corrected chi connectivity index (χ2v) is 12.6. The van der Waals surface area contributed by atoms with Gasteiger partial charge in [0.15, 0.2) is 5.15 Å². The average molecular weight is 733 g/mol. The number of carboxylic acid groups (broad SMARTS) is 1. The Morgan fingerprint density at radius 3 is 2.46 bits per heavy atom. The van der Waals surface area contributed by atoms with Crippen molar-refractivity contribution in [1.29, 1.82) is 0 Å². The van der Waals surface area contributed by atoms with Crippen molar-refractivity contribution in [3.8, 4) is 28.2 Å². The molecule has 2 N–H and O–H groups in total. The van der Waals surface area contributed by atoms with Crippen LogP contribution in [0.5, 0.6) is 0 Å². The SMILES string of the molecule is CC(C)[C@H]1CCC[C@H](n2cnc(-c3cc(Cl)ccc3-n3cc(Cl)nn3)cc2=O)c2cc(ccn2)-c2c(cnn2C)NC1=O.O=C(O)C(F)(F)F. The van der Waals surface area contributed by atoms with Crippen molar-refractivity contribution in [3.63, 3.8) is 0 Å². The quantitative estimate of drug-likeness (QED) is 0.219. The van der Waals surface area contributed by atoms with Crippen LogP contribution in [-0.4, -0.2) is 62.5 Å². The summed E-state index contributed by atoms with van der Waals surface area (Å²) >= 11 is 12.3. The molecule has 0 fully saturated rings. The number of carbonyl (C=O) groups excluding carboxylic acids is 1. The Bertz CT molecular complexity index is 2100. The highest BCUT2D eigenvalue weighted by molar-refractivity contribution is 6.31. The number of amides is 1. The minimum absolute atomic E-state index is 0.0372. The van der Waals surface area contributed by atoms with Gasteiger partial charge in [-0.1, -0.05) is 48.7 Å². The summed E-state index contributed by atoms with van der Waals surface area (Å²) in [6.45, 7) is 4.10. The van der Waals surface area contributed by atoms with E-state index in [1.807, 2.05) is 33.0 Å². The first-order valence-electron chi connectivity index (χ1n) is 15.2. The van der Waals surface area contributed by atoms with Crippen LogP contribution < -0.4 is 10.9 Å². The van der Waals surface area contributed by atoms with E-state index in [2.05, 4.69) is 30.7 Å². The smallest absolute Gasteiger partial charge is 0.475 e. The number of aliphatic carboxylic acids is 1. The Morgan fingerprint density at radius 2 is 1.82 bits per heavy atom. The largest absolute Gasteiger partial charge is 0.490 e. The number of alkyl halides is 3. The number of halogens is 5. The van der Waals surface area contributed by atoms with Gasteiger partial charge in [-0.15, -0.1) is 5.10 Å². The summed E-state index contributed by atoms with van der Waals surface area (Å²) in [6, 6.07) is 10.1. The second-order valence-electron chi connectivity index (χ2n) is 11.8. The molecular weight excluding hydrogens is 702 g/mol. The first-order valence-corrected chi connectivity index (χ1v) is 15.9. The molecular formula is C32H30Cl2F3N9O4. The number of fused-ring (bicyclic) bond motifs is 4. The molecule has 0 unspecified atom stereocenters. The van der Waals surface area contributed by atoms with Gasteiger partial charge in [0.05, 0.1) is 53.2 Å². The number of anilines is 1. The van der Waals surface area contributed by atoms with Gasteiger partial charge < -0.3 is 10.4 Å². The summed E-state index contributed by atoms with van der Waals surface area (Å²) in [6.07, 6.45) is 3.35. The van der Waals surface area contributed by atoms with Crippen molar-refractivity contribution in [2.75, 3.05) is 5.32 Å². The van der Waals surface area contributed by atoms with Crippen LogP contribution in [0.25, 0.3) is 28.2 Å². The first kappa shape index (κ1) is 36.2. The van der Waals surface area contributed by atoms with Crippen LogP contribution in [0.2, 0.25) is 10.2 Å². The highest BCUT2D eigenvalue weighted by Crippen LogP contribution is 2.34. The predicted molar refractivity (Wildman–Crippen MR) is 178 cm³/mol. The summed E-state index contributed by atoms with van der Waals surface area (Å²) in [5.74, 6) is -2.87. The summed E-state index contributed by atoms with van der Waals surface area (Å²) in [7, 11) is 1.83. The van der Waals surface area contributed by atoms with Crippen LogP contribution in [0.3, 0.4) is 0 Å². The van der Waals surface area contributed by atoms with E-state index in [9.17, 15) is 22.8 Å². The minimum atomic E-state index is -5.08. The number of nitrogens with zero attached hydrogens (tertiary/aromatic N) is 8. The number of benzene rings is 1. The fraction of sp³-hybridized carbons (Fsp3) is 0.312. The molecule has 0 radical (unpaired) electrons.